The van der Waals surface area contributed by atoms with E-state index in [1.54, 1.807) is 10.6 Å². The van der Waals surface area contributed by atoms with E-state index < -0.39 is 5.69 Å². The summed E-state index contributed by atoms with van der Waals surface area (Å²) in [5.74, 6) is 0.662. The number of hydrogen-bond donors (Lipinski definition) is 1. The molecule has 4 rings (SSSR count). The summed E-state index contributed by atoms with van der Waals surface area (Å²) in [5, 5.41) is 4.61. The van der Waals surface area contributed by atoms with Crippen LogP contribution in [0, 0.1) is 5.92 Å². The zero-order valence-electron chi connectivity index (χ0n) is 20.8. The average Bonchev–Trinajstić information content (AvgIpc) is 2.79. The van der Waals surface area contributed by atoms with Crippen LogP contribution in [0.1, 0.15) is 40.7 Å². The average molecular weight is 519 g/mol. The van der Waals surface area contributed by atoms with Gasteiger partial charge in [-0.2, -0.15) is 4.98 Å². The molecular formula is C25H32Cl2N6O2. The Balaban J connectivity index is 1.90. The Labute approximate surface area is 215 Å². The van der Waals surface area contributed by atoms with Gasteiger partial charge in [-0.1, -0.05) is 55.3 Å². The van der Waals surface area contributed by atoms with E-state index in [9.17, 15) is 9.59 Å². The number of nitrogens with zero attached hydrogens (tertiary/aromatic N) is 5. The Morgan fingerprint density at radius 2 is 1.89 bits per heavy atom. The van der Waals surface area contributed by atoms with Crippen molar-refractivity contribution < 1.29 is 4.79 Å². The highest BCUT2D eigenvalue weighted by Crippen LogP contribution is 2.35. The first-order valence-electron chi connectivity index (χ1n) is 11.9. The predicted octanol–water partition coefficient (Wildman–Crippen LogP) is 3.83. The van der Waals surface area contributed by atoms with Crippen molar-refractivity contribution in [1.29, 1.82) is 0 Å². The maximum atomic E-state index is 13.7. The van der Waals surface area contributed by atoms with Crippen LogP contribution in [0.25, 0.3) is 11.0 Å². The van der Waals surface area contributed by atoms with Crippen molar-refractivity contribution in [1.82, 2.24) is 24.8 Å². The molecule has 8 nitrogen and oxygen atoms in total. The summed E-state index contributed by atoms with van der Waals surface area (Å²) in [5.41, 5.74) is 1.13. The Morgan fingerprint density at radius 3 is 2.49 bits per heavy atom. The molecule has 35 heavy (non-hydrogen) atoms. The summed E-state index contributed by atoms with van der Waals surface area (Å²) >= 11 is 12.8. The van der Waals surface area contributed by atoms with Crippen molar-refractivity contribution in [3.63, 3.8) is 0 Å². The number of nitrogens with one attached hydrogen (secondary N) is 1. The molecule has 0 aliphatic carbocycles. The second-order valence-corrected chi connectivity index (χ2v) is 10.6. The first-order chi connectivity index (χ1) is 16.5. The molecule has 10 heteroatoms. The van der Waals surface area contributed by atoms with Gasteiger partial charge in [0.15, 0.2) is 0 Å². The molecule has 1 amide bonds. The number of rotatable bonds is 4. The van der Waals surface area contributed by atoms with E-state index in [1.165, 1.54) is 6.08 Å². The Morgan fingerprint density at radius 1 is 1.23 bits per heavy atom. The standard InChI is InChI=1S/C25H32Cl2N6O2/c1-7-19(34)32-15(5)11-31(12-16(32)6)23-17-10-18(26)22(27)29-24(17)33(25(35)30-23)21-14(4)8-9-28-20(21)13(2)3/h7-8,10,13,15-16,20-21,28H,1,9,11-12H2,2-6H3/t15-,16+,20-,21?/m0/s1. The number of aromatic nitrogens is 3. The number of piperazine rings is 1. The van der Waals surface area contributed by atoms with Gasteiger partial charge in [0.2, 0.25) is 5.91 Å². The highest BCUT2D eigenvalue weighted by atomic mass is 35.5. The highest BCUT2D eigenvalue weighted by Gasteiger charge is 2.36. The van der Waals surface area contributed by atoms with E-state index >= 15 is 0 Å². The summed E-state index contributed by atoms with van der Waals surface area (Å²) in [6, 6.07) is 1.30. The molecule has 2 aliphatic heterocycles. The fourth-order valence-corrected chi connectivity index (χ4v) is 5.75. The zero-order valence-corrected chi connectivity index (χ0v) is 22.3. The van der Waals surface area contributed by atoms with E-state index in [0.29, 0.717) is 35.0 Å². The lowest BCUT2D eigenvalue weighted by Crippen LogP contribution is -2.59. The maximum Gasteiger partial charge on any atom is 0.351 e. The Kier molecular flexibility index (Phi) is 7.27. The summed E-state index contributed by atoms with van der Waals surface area (Å²) < 4.78 is 1.65. The highest BCUT2D eigenvalue weighted by molar-refractivity contribution is 6.41. The number of carbonyl (C=O) groups excluding carboxylic acids is 1. The summed E-state index contributed by atoms with van der Waals surface area (Å²) in [6.45, 7) is 15.6. The second kappa shape index (κ2) is 9.91. The van der Waals surface area contributed by atoms with E-state index in [2.05, 4.69) is 41.8 Å². The third kappa shape index (κ3) is 4.59. The molecule has 1 unspecified atom stereocenters. The Bertz CT molecular complexity index is 1240. The van der Waals surface area contributed by atoms with Gasteiger partial charge in [-0.15, -0.1) is 0 Å². The smallest absolute Gasteiger partial charge is 0.351 e. The molecule has 0 saturated carbocycles. The molecule has 2 aromatic rings. The molecule has 4 atom stereocenters. The quantitative estimate of drug-likeness (QED) is 0.376. The lowest BCUT2D eigenvalue weighted by Gasteiger charge is -2.44. The number of carbonyl (C=O) groups is 1. The topological polar surface area (TPSA) is 83.4 Å². The van der Waals surface area contributed by atoms with E-state index in [-0.39, 0.29) is 41.1 Å². The molecule has 1 saturated heterocycles. The van der Waals surface area contributed by atoms with Crippen LogP contribution < -0.4 is 15.9 Å². The van der Waals surface area contributed by atoms with Gasteiger partial charge in [0.25, 0.3) is 0 Å². The third-order valence-corrected chi connectivity index (χ3v) is 7.69. The molecule has 0 bridgehead atoms. The number of hydrogen-bond acceptors (Lipinski definition) is 6. The molecule has 2 aromatic heterocycles. The lowest BCUT2D eigenvalue weighted by molar-refractivity contribution is -0.130. The van der Waals surface area contributed by atoms with Crippen LogP contribution in [-0.4, -0.2) is 63.1 Å². The number of pyridine rings is 1. The molecule has 0 radical (unpaired) electrons. The van der Waals surface area contributed by atoms with Crippen LogP contribution >= 0.6 is 23.2 Å². The Hall–Kier alpha value is -2.42. The molecule has 2 aliphatic rings. The molecular weight excluding hydrogens is 487 g/mol. The monoisotopic (exact) mass is 518 g/mol. The summed E-state index contributed by atoms with van der Waals surface area (Å²) in [7, 11) is 0. The van der Waals surface area contributed by atoms with Crippen molar-refractivity contribution in [2.24, 2.45) is 5.92 Å². The summed E-state index contributed by atoms with van der Waals surface area (Å²) in [4.78, 5) is 39.0. The summed E-state index contributed by atoms with van der Waals surface area (Å²) in [6.07, 6.45) is 3.43. The molecule has 1 N–H and O–H groups in total. The van der Waals surface area contributed by atoms with Crippen molar-refractivity contribution in [2.75, 3.05) is 24.5 Å². The van der Waals surface area contributed by atoms with Gasteiger partial charge in [-0.25, -0.2) is 9.78 Å². The van der Waals surface area contributed by atoms with Gasteiger partial charge in [-0.05, 0) is 38.8 Å². The molecule has 0 aromatic carbocycles. The zero-order chi connectivity index (χ0) is 25.6. The fourth-order valence-electron chi connectivity index (χ4n) is 5.46. The van der Waals surface area contributed by atoms with Gasteiger partial charge in [0.05, 0.1) is 16.5 Å². The van der Waals surface area contributed by atoms with Crippen LogP contribution in [0.3, 0.4) is 0 Å². The van der Waals surface area contributed by atoms with Gasteiger partial charge >= 0.3 is 5.69 Å². The van der Waals surface area contributed by atoms with Crippen LogP contribution in [-0.2, 0) is 4.79 Å². The van der Waals surface area contributed by atoms with Crippen LogP contribution in [0.2, 0.25) is 10.2 Å². The molecule has 188 valence electrons. The minimum Gasteiger partial charge on any atom is -0.352 e. The number of fused-ring (bicyclic) bond motifs is 1. The van der Waals surface area contributed by atoms with Crippen molar-refractivity contribution in [2.45, 2.75) is 58.8 Å². The van der Waals surface area contributed by atoms with Crippen molar-refractivity contribution >= 4 is 46.0 Å². The fraction of sp³-hybridized carbons (Fsp3) is 0.520. The minimum atomic E-state index is -0.393. The predicted molar refractivity (Wildman–Crippen MR) is 141 cm³/mol. The largest absolute Gasteiger partial charge is 0.352 e. The van der Waals surface area contributed by atoms with Gasteiger partial charge < -0.3 is 15.1 Å². The lowest BCUT2D eigenvalue weighted by atomic mass is 9.88. The van der Waals surface area contributed by atoms with Gasteiger partial charge in [0.1, 0.15) is 16.6 Å². The van der Waals surface area contributed by atoms with Crippen LogP contribution in [0.4, 0.5) is 5.82 Å². The minimum absolute atomic E-state index is 0.0262. The molecule has 0 spiro atoms. The first kappa shape index (κ1) is 25.7. The van der Waals surface area contributed by atoms with Crippen LogP contribution in [0.5, 0.6) is 0 Å². The molecule has 4 heterocycles. The first-order valence-corrected chi connectivity index (χ1v) is 12.7. The number of halogens is 2. The van der Waals surface area contributed by atoms with Crippen LogP contribution in [0.15, 0.2) is 35.2 Å². The number of amides is 1. The van der Waals surface area contributed by atoms with E-state index in [4.69, 9.17) is 23.2 Å². The van der Waals surface area contributed by atoms with Crippen molar-refractivity contribution in [3.8, 4) is 0 Å². The normalized spacial score (nSPS) is 25.2. The van der Waals surface area contributed by atoms with Gasteiger partial charge in [-0.3, -0.25) is 9.36 Å². The van der Waals surface area contributed by atoms with E-state index in [0.717, 1.165) is 12.1 Å². The SMILES string of the molecule is C=CC(=O)N1[C@H](C)CN(c2nc(=O)n(C3C(C)=CCN[C@H]3C(C)C)c3nc(Cl)c(Cl)cc23)C[C@@H]1C. The van der Waals surface area contributed by atoms with E-state index in [1.807, 2.05) is 30.6 Å². The third-order valence-electron chi connectivity index (χ3n) is 7.02. The number of anilines is 1. The molecule has 1 fully saturated rings. The maximum absolute atomic E-state index is 13.7. The van der Waals surface area contributed by atoms with Gasteiger partial charge in [0, 0.05) is 37.8 Å². The second-order valence-electron chi connectivity index (χ2n) is 9.84. The van der Waals surface area contributed by atoms with Crippen molar-refractivity contribution in [3.05, 3.63) is 51.0 Å².